The first-order valence-electron chi connectivity index (χ1n) is 6.60. The van der Waals surface area contributed by atoms with E-state index in [1.54, 1.807) is 6.07 Å². The maximum Gasteiger partial charge on any atom is 0.305 e. The maximum atomic E-state index is 13.9. The average Bonchev–Trinajstić information content (AvgIpc) is 2.46. The van der Waals surface area contributed by atoms with Crippen molar-refractivity contribution in [2.45, 2.75) is 12.5 Å². The van der Waals surface area contributed by atoms with Gasteiger partial charge in [-0.2, -0.15) is 0 Å². The number of hydrogen-bond donors (Lipinski definition) is 2. The minimum absolute atomic E-state index is 0.0911. The van der Waals surface area contributed by atoms with Crippen LogP contribution in [0, 0.1) is 5.82 Å². The van der Waals surface area contributed by atoms with E-state index < -0.39 is 30.2 Å². The Bertz CT molecular complexity index is 752. The van der Waals surface area contributed by atoms with E-state index in [-0.39, 0.29) is 16.1 Å². The third-order valence-corrected chi connectivity index (χ3v) is 3.69. The predicted molar refractivity (Wildman–Crippen MR) is 85.3 cm³/mol. The second-order valence-corrected chi connectivity index (χ2v) is 5.61. The molecule has 1 atom stereocenters. The zero-order valence-corrected chi connectivity index (χ0v) is 13.2. The number of hydrogen-bond acceptors (Lipinski definition) is 2. The standard InChI is InChI=1S/C16H12Cl2FNO3/c17-9-5-6-10(12(18)7-9)16(23)20-14(8-15(21)22)11-3-1-2-4-13(11)19/h1-7,14H,8H2,(H,20,23)(H,21,22). The van der Waals surface area contributed by atoms with E-state index in [2.05, 4.69) is 5.32 Å². The fourth-order valence-corrected chi connectivity index (χ4v) is 2.57. The smallest absolute Gasteiger partial charge is 0.305 e. The molecule has 0 aromatic heterocycles. The highest BCUT2D eigenvalue weighted by Crippen LogP contribution is 2.24. The van der Waals surface area contributed by atoms with Crippen LogP contribution in [-0.2, 0) is 4.79 Å². The molecule has 0 aliphatic carbocycles. The van der Waals surface area contributed by atoms with Crippen molar-refractivity contribution in [3.8, 4) is 0 Å². The van der Waals surface area contributed by atoms with E-state index in [0.29, 0.717) is 5.02 Å². The molecule has 120 valence electrons. The number of halogens is 3. The molecule has 2 aromatic rings. The summed E-state index contributed by atoms with van der Waals surface area (Å²) in [4.78, 5) is 23.3. The number of carboxylic acids is 1. The summed E-state index contributed by atoms with van der Waals surface area (Å²) in [6, 6.07) is 8.94. The van der Waals surface area contributed by atoms with Crippen LogP contribution in [0.1, 0.15) is 28.4 Å². The summed E-state index contributed by atoms with van der Waals surface area (Å²) in [6.07, 6.45) is -0.460. The molecule has 7 heteroatoms. The van der Waals surface area contributed by atoms with Gasteiger partial charge in [-0.05, 0) is 24.3 Å². The molecule has 2 rings (SSSR count). The molecule has 0 saturated heterocycles. The second-order valence-electron chi connectivity index (χ2n) is 4.77. The van der Waals surface area contributed by atoms with E-state index in [1.165, 1.54) is 36.4 Å². The van der Waals surface area contributed by atoms with Gasteiger partial charge in [-0.3, -0.25) is 9.59 Å². The highest BCUT2D eigenvalue weighted by molar-refractivity contribution is 6.36. The number of carboxylic acid groups (broad SMARTS) is 1. The lowest BCUT2D eigenvalue weighted by molar-refractivity contribution is -0.137. The third kappa shape index (κ3) is 4.43. The molecule has 1 amide bonds. The first-order valence-corrected chi connectivity index (χ1v) is 7.36. The van der Waals surface area contributed by atoms with Gasteiger partial charge in [-0.15, -0.1) is 0 Å². The highest BCUT2D eigenvalue weighted by atomic mass is 35.5. The molecule has 4 nitrogen and oxygen atoms in total. The molecule has 0 spiro atoms. The Morgan fingerprint density at radius 3 is 2.48 bits per heavy atom. The molecule has 1 unspecified atom stereocenters. The van der Waals surface area contributed by atoms with Crippen LogP contribution in [0.4, 0.5) is 4.39 Å². The third-order valence-electron chi connectivity index (χ3n) is 3.14. The van der Waals surface area contributed by atoms with E-state index in [4.69, 9.17) is 28.3 Å². The lowest BCUT2D eigenvalue weighted by Gasteiger charge is -2.18. The minimum atomic E-state index is -1.17. The summed E-state index contributed by atoms with van der Waals surface area (Å²) in [7, 11) is 0. The minimum Gasteiger partial charge on any atom is -0.481 e. The van der Waals surface area contributed by atoms with Crippen LogP contribution in [0.3, 0.4) is 0 Å². The molecule has 0 heterocycles. The fraction of sp³-hybridized carbons (Fsp3) is 0.125. The average molecular weight is 356 g/mol. The molecule has 0 bridgehead atoms. The van der Waals surface area contributed by atoms with Gasteiger partial charge in [0, 0.05) is 10.6 Å². The predicted octanol–water partition coefficient (Wildman–Crippen LogP) is 4.08. The van der Waals surface area contributed by atoms with Gasteiger partial charge in [-0.1, -0.05) is 41.4 Å². The fourth-order valence-electron chi connectivity index (χ4n) is 2.08. The van der Waals surface area contributed by atoms with Crippen molar-refractivity contribution in [1.29, 1.82) is 0 Å². The van der Waals surface area contributed by atoms with Crippen molar-refractivity contribution in [3.63, 3.8) is 0 Å². The van der Waals surface area contributed by atoms with E-state index in [1.807, 2.05) is 0 Å². The molecule has 0 fully saturated rings. The van der Waals surface area contributed by atoms with Gasteiger partial charge in [-0.25, -0.2) is 4.39 Å². The van der Waals surface area contributed by atoms with Gasteiger partial charge < -0.3 is 10.4 Å². The first kappa shape index (κ1) is 17.2. The van der Waals surface area contributed by atoms with Gasteiger partial charge in [0.1, 0.15) is 5.82 Å². The Morgan fingerprint density at radius 2 is 1.87 bits per heavy atom. The first-order chi connectivity index (χ1) is 10.9. The summed E-state index contributed by atoms with van der Waals surface area (Å²) in [6.45, 7) is 0. The molecular formula is C16H12Cl2FNO3. The topological polar surface area (TPSA) is 66.4 Å². The monoisotopic (exact) mass is 355 g/mol. The summed E-state index contributed by atoms with van der Waals surface area (Å²) < 4.78 is 13.9. The van der Waals surface area contributed by atoms with E-state index >= 15 is 0 Å². The quantitative estimate of drug-likeness (QED) is 0.849. The van der Waals surface area contributed by atoms with Gasteiger partial charge in [0.15, 0.2) is 0 Å². The largest absolute Gasteiger partial charge is 0.481 e. The zero-order valence-electron chi connectivity index (χ0n) is 11.7. The van der Waals surface area contributed by atoms with Crippen LogP contribution < -0.4 is 5.32 Å². The van der Waals surface area contributed by atoms with Crippen LogP contribution in [0.25, 0.3) is 0 Å². The number of aliphatic carboxylic acids is 1. The van der Waals surface area contributed by atoms with Crippen molar-refractivity contribution < 1.29 is 19.1 Å². The Balaban J connectivity index is 2.29. The van der Waals surface area contributed by atoms with Crippen LogP contribution >= 0.6 is 23.2 Å². The van der Waals surface area contributed by atoms with Gasteiger partial charge >= 0.3 is 5.97 Å². The molecule has 0 saturated carbocycles. The van der Waals surface area contributed by atoms with Crippen molar-refractivity contribution in [3.05, 3.63) is 69.5 Å². The second kappa shape index (κ2) is 7.44. The van der Waals surface area contributed by atoms with E-state index in [0.717, 1.165) is 0 Å². The van der Waals surface area contributed by atoms with Gasteiger partial charge in [0.2, 0.25) is 0 Å². The number of rotatable bonds is 5. The Morgan fingerprint density at radius 1 is 1.17 bits per heavy atom. The molecule has 2 N–H and O–H groups in total. The van der Waals surface area contributed by atoms with Crippen LogP contribution in [-0.4, -0.2) is 17.0 Å². The zero-order chi connectivity index (χ0) is 17.0. The molecule has 2 aromatic carbocycles. The lowest BCUT2D eigenvalue weighted by Crippen LogP contribution is -2.31. The van der Waals surface area contributed by atoms with E-state index in [9.17, 15) is 14.0 Å². The van der Waals surface area contributed by atoms with Crippen molar-refractivity contribution >= 4 is 35.1 Å². The number of amides is 1. The van der Waals surface area contributed by atoms with Crippen molar-refractivity contribution in [1.82, 2.24) is 5.32 Å². The number of nitrogens with one attached hydrogen (secondary N) is 1. The normalized spacial score (nSPS) is 11.8. The SMILES string of the molecule is O=C(O)CC(NC(=O)c1ccc(Cl)cc1Cl)c1ccccc1F. The highest BCUT2D eigenvalue weighted by Gasteiger charge is 2.22. The Hall–Kier alpha value is -2.11. The molecule has 23 heavy (non-hydrogen) atoms. The van der Waals surface area contributed by atoms with Gasteiger partial charge in [0.25, 0.3) is 5.91 Å². The Kier molecular flexibility index (Phi) is 5.58. The summed E-state index contributed by atoms with van der Waals surface area (Å²) in [5.74, 6) is -2.37. The van der Waals surface area contributed by atoms with Crippen LogP contribution in [0.15, 0.2) is 42.5 Å². The van der Waals surface area contributed by atoms with Crippen LogP contribution in [0.5, 0.6) is 0 Å². The maximum absolute atomic E-state index is 13.9. The molecule has 0 aliphatic rings. The van der Waals surface area contributed by atoms with Crippen molar-refractivity contribution in [2.75, 3.05) is 0 Å². The summed E-state index contributed by atoms with van der Waals surface area (Å²) in [5.41, 5.74) is 0.219. The molecule has 0 aliphatic heterocycles. The summed E-state index contributed by atoms with van der Waals surface area (Å²) in [5, 5.41) is 12.0. The number of carbonyl (C=O) groups is 2. The lowest BCUT2D eigenvalue weighted by atomic mass is 10.0. The molecule has 0 radical (unpaired) electrons. The Labute approximate surface area is 141 Å². The van der Waals surface area contributed by atoms with Crippen LogP contribution in [0.2, 0.25) is 10.0 Å². The van der Waals surface area contributed by atoms with Crippen molar-refractivity contribution in [2.24, 2.45) is 0 Å². The summed E-state index contributed by atoms with van der Waals surface area (Å²) >= 11 is 11.7. The van der Waals surface area contributed by atoms with Gasteiger partial charge in [0.05, 0.1) is 23.0 Å². The number of carbonyl (C=O) groups excluding carboxylic acids is 1. The molecular weight excluding hydrogens is 344 g/mol. The number of benzene rings is 2.